The van der Waals surface area contributed by atoms with E-state index < -0.39 is 5.41 Å². The fraction of sp³-hybridized carbons (Fsp3) is 0.607. The molecule has 3 N–H and O–H groups in total. The van der Waals surface area contributed by atoms with Crippen LogP contribution in [-0.4, -0.2) is 76.4 Å². The minimum Gasteiger partial charge on any atom is -0.459 e. The van der Waals surface area contributed by atoms with Crippen LogP contribution in [0.1, 0.15) is 68.3 Å². The lowest BCUT2D eigenvalue weighted by atomic mass is 9.72. The SMILES string of the molecule is C[C@H](Oc1nc(-c2noc([C@@]3(C)CCCc4sc(N)c(C#N)c43)n2)cc(N2CCNCC2)n1)[C@@H]1CC[C@H](C)N1C. The van der Waals surface area contributed by atoms with Crippen molar-refractivity contribution >= 4 is 22.2 Å². The number of likely N-dealkylation sites (N-methyl/N-ethyl adjacent to an activating group) is 1. The Bertz CT molecular complexity index is 1430. The summed E-state index contributed by atoms with van der Waals surface area (Å²) in [4.78, 5) is 20.2. The van der Waals surface area contributed by atoms with Crippen molar-refractivity contribution in [1.29, 1.82) is 5.26 Å². The van der Waals surface area contributed by atoms with Crippen LogP contribution in [0.15, 0.2) is 10.6 Å². The smallest absolute Gasteiger partial charge is 0.319 e. The molecule has 4 atom stereocenters. The van der Waals surface area contributed by atoms with Crippen LogP contribution in [0, 0.1) is 11.3 Å². The molecular weight excluding hydrogens is 526 g/mol. The predicted molar refractivity (Wildman–Crippen MR) is 154 cm³/mol. The maximum atomic E-state index is 9.86. The number of nitrogen functional groups attached to an aromatic ring is 1. The monoisotopic (exact) mass is 563 g/mol. The first kappa shape index (κ1) is 26.9. The van der Waals surface area contributed by atoms with Gasteiger partial charge < -0.3 is 25.2 Å². The third-order valence-corrected chi connectivity index (χ3v) is 10.0. The van der Waals surface area contributed by atoms with Crippen molar-refractivity contribution in [3.05, 3.63) is 28.0 Å². The number of hydrogen-bond acceptors (Lipinski definition) is 12. The standard InChI is InChI=1S/C28H37N9O2S/c1-16-7-8-20(36(16)4)17(2)38-27-32-19(14-22(33-27)37-12-10-31-11-13-37)25-34-26(39-35-25)28(3)9-5-6-21-23(28)18(15-29)24(30)40-21/h14,16-17,20,31H,5-13,30H2,1-4H3/t16-,17-,20-,28-/m0/s1. The molecule has 0 unspecified atom stereocenters. The molecule has 2 fully saturated rings. The van der Waals surface area contributed by atoms with Gasteiger partial charge in [0.05, 0.1) is 11.0 Å². The number of rotatable bonds is 6. The van der Waals surface area contributed by atoms with Gasteiger partial charge in [-0.05, 0) is 59.9 Å². The molecule has 11 nitrogen and oxygen atoms in total. The molecule has 3 aliphatic rings. The zero-order valence-electron chi connectivity index (χ0n) is 23.6. The molecule has 2 saturated heterocycles. The number of nitrogens with one attached hydrogen (secondary N) is 1. The molecule has 0 bridgehead atoms. The number of ether oxygens (including phenoxy) is 1. The van der Waals surface area contributed by atoms with Crippen LogP contribution in [-0.2, 0) is 11.8 Å². The number of likely N-dealkylation sites (tertiary alicyclic amines) is 1. The molecule has 5 heterocycles. The van der Waals surface area contributed by atoms with E-state index in [1.54, 1.807) is 0 Å². The number of fused-ring (bicyclic) bond motifs is 1. The second-order valence-electron chi connectivity index (χ2n) is 11.5. The summed E-state index contributed by atoms with van der Waals surface area (Å²) < 4.78 is 12.3. The second kappa shape index (κ2) is 10.6. The Morgan fingerprint density at radius 1 is 1.27 bits per heavy atom. The van der Waals surface area contributed by atoms with Crippen LogP contribution in [0.4, 0.5) is 10.8 Å². The van der Waals surface area contributed by atoms with Crippen molar-refractivity contribution < 1.29 is 9.26 Å². The molecule has 0 saturated carbocycles. The highest BCUT2D eigenvalue weighted by Crippen LogP contribution is 2.48. The molecule has 3 aromatic rings. The highest BCUT2D eigenvalue weighted by molar-refractivity contribution is 7.16. The van der Waals surface area contributed by atoms with Crippen LogP contribution in [0.25, 0.3) is 11.5 Å². The molecular formula is C28H37N9O2S. The molecule has 3 aromatic heterocycles. The molecule has 0 amide bonds. The van der Waals surface area contributed by atoms with Crippen molar-refractivity contribution in [1.82, 2.24) is 30.3 Å². The van der Waals surface area contributed by atoms with Crippen molar-refractivity contribution in [2.45, 2.75) is 76.5 Å². The van der Waals surface area contributed by atoms with Gasteiger partial charge in [-0.25, -0.2) is 0 Å². The quantitative estimate of drug-likeness (QED) is 0.456. The zero-order chi connectivity index (χ0) is 28.0. The number of aromatic nitrogens is 4. The summed E-state index contributed by atoms with van der Waals surface area (Å²) >= 11 is 1.49. The average Bonchev–Trinajstić information content (AvgIpc) is 3.67. The molecule has 1 aliphatic carbocycles. The third kappa shape index (κ3) is 4.70. The van der Waals surface area contributed by atoms with Crippen molar-refractivity contribution in [2.75, 3.05) is 43.9 Å². The lowest BCUT2D eigenvalue weighted by Gasteiger charge is -2.30. The van der Waals surface area contributed by atoms with Gasteiger partial charge in [-0.3, -0.25) is 4.90 Å². The first-order chi connectivity index (χ1) is 19.3. The second-order valence-corrected chi connectivity index (χ2v) is 12.6. The van der Waals surface area contributed by atoms with E-state index in [1.807, 2.05) is 6.07 Å². The lowest BCUT2D eigenvalue weighted by Crippen LogP contribution is -2.44. The summed E-state index contributed by atoms with van der Waals surface area (Å²) in [6.07, 6.45) is 4.80. The van der Waals surface area contributed by atoms with E-state index in [4.69, 9.17) is 29.9 Å². The van der Waals surface area contributed by atoms with Gasteiger partial charge in [0.2, 0.25) is 11.7 Å². The molecule has 2 aliphatic heterocycles. The van der Waals surface area contributed by atoms with Gasteiger partial charge in [0.1, 0.15) is 28.7 Å². The van der Waals surface area contributed by atoms with Gasteiger partial charge in [-0.1, -0.05) is 5.16 Å². The summed E-state index contributed by atoms with van der Waals surface area (Å²) in [5.74, 6) is 1.64. The minimum absolute atomic E-state index is 0.0741. The minimum atomic E-state index is -0.593. The summed E-state index contributed by atoms with van der Waals surface area (Å²) in [5.41, 5.74) is 7.64. The first-order valence-corrected chi connectivity index (χ1v) is 15.0. The highest BCUT2D eigenvalue weighted by atomic mass is 32.1. The summed E-state index contributed by atoms with van der Waals surface area (Å²) in [6.45, 7) is 9.85. The maximum absolute atomic E-state index is 9.86. The Kier molecular flexibility index (Phi) is 7.14. The van der Waals surface area contributed by atoms with Crippen LogP contribution in [0.5, 0.6) is 6.01 Å². The molecule has 0 spiro atoms. The lowest BCUT2D eigenvalue weighted by molar-refractivity contribution is 0.0990. The van der Waals surface area contributed by atoms with Crippen molar-refractivity contribution in [3.63, 3.8) is 0 Å². The summed E-state index contributed by atoms with van der Waals surface area (Å²) in [5, 5.41) is 18.2. The van der Waals surface area contributed by atoms with E-state index in [0.29, 0.717) is 46.1 Å². The number of anilines is 2. The Balaban J connectivity index is 1.35. The van der Waals surface area contributed by atoms with E-state index in [1.165, 1.54) is 11.3 Å². The third-order valence-electron chi connectivity index (χ3n) is 8.94. The van der Waals surface area contributed by atoms with E-state index in [0.717, 1.165) is 74.5 Å². The van der Waals surface area contributed by atoms with E-state index >= 15 is 0 Å². The van der Waals surface area contributed by atoms with Crippen LogP contribution in [0.2, 0.25) is 0 Å². The Labute approximate surface area is 238 Å². The van der Waals surface area contributed by atoms with Crippen molar-refractivity contribution in [2.24, 2.45) is 0 Å². The zero-order valence-corrected chi connectivity index (χ0v) is 24.4. The average molecular weight is 564 g/mol. The topological polar surface area (TPSA) is 142 Å². The van der Waals surface area contributed by atoms with Gasteiger partial charge in [-0.15, -0.1) is 11.3 Å². The number of nitrogens with zero attached hydrogens (tertiary/aromatic N) is 7. The van der Waals surface area contributed by atoms with E-state index in [-0.39, 0.29) is 6.10 Å². The number of piperazine rings is 1. The van der Waals surface area contributed by atoms with Gasteiger partial charge in [0.15, 0.2) is 0 Å². The Morgan fingerprint density at radius 3 is 2.80 bits per heavy atom. The molecule has 40 heavy (non-hydrogen) atoms. The largest absolute Gasteiger partial charge is 0.459 e. The molecule has 0 aromatic carbocycles. The Hall–Kier alpha value is -3.27. The highest BCUT2D eigenvalue weighted by Gasteiger charge is 2.43. The number of nitrogens with two attached hydrogens (primary N) is 1. The Morgan fingerprint density at radius 2 is 2.08 bits per heavy atom. The van der Waals surface area contributed by atoms with E-state index in [2.05, 4.69) is 54.2 Å². The molecule has 6 rings (SSSR count). The van der Waals surface area contributed by atoms with Gasteiger partial charge in [0.25, 0.3) is 0 Å². The number of hydrogen-bond donors (Lipinski definition) is 2. The fourth-order valence-corrected chi connectivity index (χ4v) is 7.64. The van der Waals surface area contributed by atoms with Gasteiger partial charge >= 0.3 is 6.01 Å². The van der Waals surface area contributed by atoms with Crippen LogP contribution in [0.3, 0.4) is 0 Å². The number of aryl methyl sites for hydroxylation is 1. The summed E-state index contributed by atoms with van der Waals surface area (Å²) in [7, 11) is 2.16. The van der Waals surface area contributed by atoms with Crippen molar-refractivity contribution in [3.8, 4) is 23.6 Å². The first-order valence-electron chi connectivity index (χ1n) is 14.2. The summed E-state index contributed by atoms with van der Waals surface area (Å²) in [6, 6.07) is 5.37. The molecule has 0 radical (unpaired) electrons. The van der Waals surface area contributed by atoms with E-state index in [9.17, 15) is 5.26 Å². The maximum Gasteiger partial charge on any atom is 0.319 e. The van der Waals surface area contributed by atoms with Gasteiger partial charge in [0, 0.05) is 54.8 Å². The fourth-order valence-electron chi connectivity index (χ4n) is 6.45. The van der Waals surface area contributed by atoms with Crippen LogP contribution >= 0.6 is 11.3 Å². The number of nitriles is 1. The van der Waals surface area contributed by atoms with Gasteiger partial charge in [-0.2, -0.15) is 20.2 Å². The predicted octanol–water partition coefficient (Wildman–Crippen LogP) is 3.34. The van der Waals surface area contributed by atoms with Crippen LogP contribution < -0.4 is 20.7 Å². The molecule has 12 heteroatoms. The normalized spacial score (nSPS) is 25.9. The molecule has 212 valence electrons. The number of thiophene rings is 1.